The van der Waals surface area contributed by atoms with Crippen LogP contribution in [0.1, 0.15) is 34.6 Å². The monoisotopic (exact) mass is 282 g/mol. The number of amides is 2. The third kappa shape index (κ3) is 2.74. The molecular formula is C15H14N4O2. The van der Waals surface area contributed by atoms with E-state index in [9.17, 15) is 9.59 Å². The van der Waals surface area contributed by atoms with Crippen LogP contribution in [0.25, 0.3) is 0 Å². The van der Waals surface area contributed by atoms with Crippen molar-refractivity contribution in [2.45, 2.75) is 19.4 Å². The quantitative estimate of drug-likeness (QED) is 0.892. The van der Waals surface area contributed by atoms with Gasteiger partial charge in [0.1, 0.15) is 5.69 Å². The third-order valence-electron chi connectivity index (χ3n) is 3.40. The van der Waals surface area contributed by atoms with E-state index in [1.54, 1.807) is 0 Å². The highest BCUT2D eigenvalue weighted by Gasteiger charge is 2.19. The van der Waals surface area contributed by atoms with E-state index in [2.05, 4.69) is 20.6 Å². The summed E-state index contributed by atoms with van der Waals surface area (Å²) in [6.45, 7) is 1.89. The Hall–Kier alpha value is -2.76. The lowest BCUT2D eigenvalue weighted by atomic mass is 10.0. The molecule has 2 aromatic rings. The first kappa shape index (κ1) is 13.2. The Balaban J connectivity index is 1.74. The minimum absolute atomic E-state index is 0.00148. The molecule has 1 aliphatic heterocycles. The fourth-order valence-corrected chi connectivity index (χ4v) is 2.29. The maximum atomic E-state index is 12.0. The van der Waals surface area contributed by atoms with Crippen molar-refractivity contribution >= 4 is 17.5 Å². The molecule has 6 nitrogen and oxygen atoms in total. The van der Waals surface area contributed by atoms with Gasteiger partial charge in [0.05, 0.1) is 18.7 Å². The third-order valence-corrected chi connectivity index (χ3v) is 3.40. The molecule has 0 fully saturated rings. The van der Waals surface area contributed by atoms with Crippen molar-refractivity contribution in [2.75, 3.05) is 5.32 Å². The van der Waals surface area contributed by atoms with Crippen LogP contribution in [0.4, 0.5) is 5.69 Å². The van der Waals surface area contributed by atoms with Crippen LogP contribution in [0.2, 0.25) is 0 Å². The standard InChI is InChI=1S/C15H14N4O2/c1-9(18-15(21)13-8-16-4-5-17-13)10-2-3-12-11(6-10)7-14(20)19-12/h2-6,8-9H,7H2,1H3,(H,18,21)(H,19,20)/t9-/m1/s1. The Morgan fingerprint density at radius 3 is 3.00 bits per heavy atom. The van der Waals surface area contributed by atoms with Gasteiger partial charge in [0.25, 0.3) is 5.91 Å². The number of benzene rings is 1. The first-order valence-electron chi connectivity index (χ1n) is 6.63. The molecule has 2 N–H and O–H groups in total. The van der Waals surface area contributed by atoms with Crippen molar-refractivity contribution in [3.63, 3.8) is 0 Å². The number of hydrogen-bond acceptors (Lipinski definition) is 4. The second-order valence-electron chi connectivity index (χ2n) is 4.93. The second-order valence-corrected chi connectivity index (χ2v) is 4.93. The van der Waals surface area contributed by atoms with E-state index in [0.717, 1.165) is 16.8 Å². The molecule has 0 radical (unpaired) electrons. The molecule has 0 saturated carbocycles. The Kier molecular flexibility index (Phi) is 3.35. The largest absolute Gasteiger partial charge is 0.344 e. The van der Waals surface area contributed by atoms with Crippen molar-refractivity contribution in [2.24, 2.45) is 0 Å². The first-order valence-corrected chi connectivity index (χ1v) is 6.63. The van der Waals surface area contributed by atoms with E-state index in [1.807, 2.05) is 25.1 Å². The Bertz CT molecular complexity index is 700. The molecule has 2 heterocycles. The molecule has 0 spiro atoms. The second kappa shape index (κ2) is 5.32. The van der Waals surface area contributed by atoms with Gasteiger partial charge in [0, 0.05) is 18.1 Å². The predicted molar refractivity (Wildman–Crippen MR) is 76.7 cm³/mol. The van der Waals surface area contributed by atoms with E-state index in [4.69, 9.17) is 0 Å². The van der Waals surface area contributed by atoms with Gasteiger partial charge in [0.2, 0.25) is 5.91 Å². The van der Waals surface area contributed by atoms with Crippen LogP contribution in [0, 0.1) is 0 Å². The minimum atomic E-state index is -0.273. The van der Waals surface area contributed by atoms with Crippen molar-refractivity contribution in [3.05, 3.63) is 53.6 Å². The molecule has 106 valence electrons. The van der Waals surface area contributed by atoms with Crippen LogP contribution in [-0.2, 0) is 11.2 Å². The SMILES string of the molecule is C[C@@H](NC(=O)c1cnccn1)c1ccc2c(c1)CC(=O)N2. The lowest BCUT2D eigenvalue weighted by Crippen LogP contribution is -2.27. The van der Waals surface area contributed by atoms with E-state index in [-0.39, 0.29) is 23.6 Å². The van der Waals surface area contributed by atoms with Crippen LogP contribution in [0.15, 0.2) is 36.8 Å². The highest BCUT2D eigenvalue weighted by molar-refractivity contribution is 5.99. The molecule has 1 aliphatic rings. The van der Waals surface area contributed by atoms with Crippen LogP contribution >= 0.6 is 0 Å². The molecule has 0 saturated heterocycles. The summed E-state index contributed by atoms with van der Waals surface area (Å²) in [5, 5.41) is 5.65. The van der Waals surface area contributed by atoms with E-state index >= 15 is 0 Å². The summed E-state index contributed by atoms with van der Waals surface area (Å²) >= 11 is 0. The molecule has 0 bridgehead atoms. The molecule has 3 rings (SSSR count). The summed E-state index contributed by atoms with van der Waals surface area (Å²) in [5.74, 6) is -0.274. The average Bonchev–Trinajstić information content (AvgIpc) is 2.87. The Morgan fingerprint density at radius 1 is 1.38 bits per heavy atom. The van der Waals surface area contributed by atoms with E-state index < -0.39 is 0 Å². The summed E-state index contributed by atoms with van der Waals surface area (Å²) in [4.78, 5) is 31.2. The number of nitrogens with one attached hydrogen (secondary N) is 2. The predicted octanol–water partition coefficient (Wildman–Crippen LogP) is 1.46. The summed E-state index contributed by atoms with van der Waals surface area (Å²) < 4.78 is 0. The van der Waals surface area contributed by atoms with Gasteiger partial charge in [-0.05, 0) is 24.1 Å². The highest BCUT2D eigenvalue weighted by Crippen LogP contribution is 2.26. The van der Waals surface area contributed by atoms with E-state index in [1.165, 1.54) is 18.6 Å². The van der Waals surface area contributed by atoms with Gasteiger partial charge in [-0.15, -0.1) is 0 Å². The van der Waals surface area contributed by atoms with Crippen LogP contribution in [-0.4, -0.2) is 21.8 Å². The molecule has 21 heavy (non-hydrogen) atoms. The van der Waals surface area contributed by atoms with Crippen molar-refractivity contribution < 1.29 is 9.59 Å². The van der Waals surface area contributed by atoms with Gasteiger partial charge in [0.15, 0.2) is 0 Å². The average molecular weight is 282 g/mol. The molecule has 6 heteroatoms. The summed E-state index contributed by atoms with van der Waals surface area (Å²) in [5.41, 5.74) is 3.03. The zero-order valence-electron chi connectivity index (χ0n) is 11.5. The van der Waals surface area contributed by atoms with Crippen molar-refractivity contribution in [3.8, 4) is 0 Å². The smallest absolute Gasteiger partial charge is 0.271 e. The number of hydrogen-bond donors (Lipinski definition) is 2. The van der Waals surface area contributed by atoms with Gasteiger partial charge >= 0.3 is 0 Å². The summed E-state index contributed by atoms with van der Waals surface area (Å²) in [6, 6.07) is 5.52. The lowest BCUT2D eigenvalue weighted by Gasteiger charge is -2.15. The molecular weight excluding hydrogens is 268 g/mol. The maximum Gasteiger partial charge on any atom is 0.271 e. The number of aromatic nitrogens is 2. The van der Waals surface area contributed by atoms with Gasteiger partial charge in [-0.1, -0.05) is 12.1 Å². The number of carbonyl (C=O) groups is 2. The highest BCUT2D eigenvalue weighted by atomic mass is 16.2. The van der Waals surface area contributed by atoms with E-state index in [0.29, 0.717) is 6.42 Å². The summed E-state index contributed by atoms with van der Waals surface area (Å²) in [7, 11) is 0. The Labute approximate surface area is 121 Å². The van der Waals surface area contributed by atoms with Crippen LogP contribution < -0.4 is 10.6 Å². The fourth-order valence-electron chi connectivity index (χ4n) is 2.29. The fraction of sp³-hybridized carbons (Fsp3) is 0.200. The Morgan fingerprint density at radius 2 is 2.24 bits per heavy atom. The zero-order chi connectivity index (χ0) is 14.8. The maximum absolute atomic E-state index is 12.0. The van der Waals surface area contributed by atoms with Crippen molar-refractivity contribution in [1.29, 1.82) is 0 Å². The molecule has 2 amide bonds. The molecule has 1 aromatic heterocycles. The normalized spacial score (nSPS) is 14.2. The zero-order valence-corrected chi connectivity index (χ0v) is 11.5. The number of fused-ring (bicyclic) bond motifs is 1. The molecule has 0 aliphatic carbocycles. The minimum Gasteiger partial charge on any atom is -0.344 e. The van der Waals surface area contributed by atoms with Crippen molar-refractivity contribution in [1.82, 2.24) is 15.3 Å². The molecule has 1 aromatic carbocycles. The molecule has 1 atom stereocenters. The number of rotatable bonds is 3. The summed E-state index contributed by atoms with van der Waals surface area (Å²) in [6.07, 6.45) is 4.80. The lowest BCUT2D eigenvalue weighted by molar-refractivity contribution is -0.115. The van der Waals surface area contributed by atoms with Gasteiger partial charge in [-0.3, -0.25) is 14.6 Å². The number of anilines is 1. The van der Waals surface area contributed by atoms with Gasteiger partial charge < -0.3 is 10.6 Å². The topological polar surface area (TPSA) is 84.0 Å². The van der Waals surface area contributed by atoms with Crippen LogP contribution in [0.3, 0.4) is 0 Å². The number of carbonyl (C=O) groups excluding carboxylic acids is 2. The van der Waals surface area contributed by atoms with Crippen LogP contribution in [0.5, 0.6) is 0 Å². The number of nitrogens with zero attached hydrogens (tertiary/aromatic N) is 2. The van der Waals surface area contributed by atoms with Gasteiger partial charge in [-0.2, -0.15) is 0 Å². The molecule has 0 unspecified atom stereocenters. The van der Waals surface area contributed by atoms with Gasteiger partial charge in [-0.25, -0.2) is 4.98 Å². The first-order chi connectivity index (χ1) is 10.1.